The first kappa shape index (κ1) is 19.8. The summed E-state index contributed by atoms with van der Waals surface area (Å²) in [6.07, 6.45) is 1.78. The van der Waals surface area contributed by atoms with Crippen molar-refractivity contribution in [3.63, 3.8) is 0 Å². The van der Waals surface area contributed by atoms with Crippen molar-refractivity contribution in [1.82, 2.24) is 4.90 Å². The molecule has 0 atom stereocenters. The van der Waals surface area contributed by atoms with Crippen LogP contribution in [0, 0.1) is 5.92 Å². The average molecular weight is 425 g/mol. The van der Waals surface area contributed by atoms with E-state index in [1.807, 2.05) is 42.5 Å². The Bertz CT molecular complexity index is 717. The maximum Gasteiger partial charge on any atom is 0.227 e. The van der Waals surface area contributed by atoms with Crippen molar-refractivity contribution in [2.45, 2.75) is 19.4 Å². The van der Waals surface area contributed by atoms with E-state index in [-0.39, 0.29) is 24.2 Å². The second kappa shape index (κ2) is 9.22. The normalized spacial score (nSPS) is 15.4. The summed E-state index contributed by atoms with van der Waals surface area (Å²) >= 11 is 3.43. The Morgan fingerprint density at radius 2 is 1.88 bits per heavy atom. The molecule has 3 N–H and O–H groups in total. The highest BCUT2D eigenvalue weighted by atomic mass is 79.9. The summed E-state index contributed by atoms with van der Waals surface area (Å²) in [6.45, 7) is 2.77. The van der Waals surface area contributed by atoms with Crippen molar-refractivity contribution in [3.05, 3.63) is 58.6 Å². The van der Waals surface area contributed by atoms with Gasteiger partial charge in [-0.05, 0) is 61.8 Å². The Balaban J connectivity index is 0.00000225. The molecule has 1 aliphatic heterocycles. The van der Waals surface area contributed by atoms with Gasteiger partial charge >= 0.3 is 0 Å². The number of nitrogen functional groups attached to an aromatic ring is 1. The maximum atomic E-state index is 12.4. The molecular weight excluding hydrogens is 402 g/mol. The number of amides is 1. The number of piperidine rings is 1. The Morgan fingerprint density at radius 3 is 2.56 bits per heavy atom. The summed E-state index contributed by atoms with van der Waals surface area (Å²) in [5, 5.41) is 3.02. The van der Waals surface area contributed by atoms with Crippen molar-refractivity contribution < 1.29 is 4.79 Å². The van der Waals surface area contributed by atoms with Gasteiger partial charge in [0.2, 0.25) is 5.91 Å². The van der Waals surface area contributed by atoms with E-state index in [1.54, 1.807) is 0 Å². The number of halogens is 2. The Kier molecular flexibility index (Phi) is 7.29. The number of benzene rings is 2. The van der Waals surface area contributed by atoms with Crippen LogP contribution >= 0.6 is 28.3 Å². The minimum absolute atomic E-state index is 0. The van der Waals surface area contributed by atoms with Gasteiger partial charge in [-0.3, -0.25) is 9.69 Å². The molecule has 0 saturated carbocycles. The molecular formula is C19H23BrClN3O. The Morgan fingerprint density at radius 1 is 1.16 bits per heavy atom. The Hall–Kier alpha value is -1.56. The van der Waals surface area contributed by atoms with Crippen LogP contribution in [-0.4, -0.2) is 23.9 Å². The molecule has 4 nitrogen and oxygen atoms in total. The minimum atomic E-state index is 0. The predicted octanol–water partition coefficient (Wildman–Crippen LogP) is 4.30. The van der Waals surface area contributed by atoms with Crippen molar-refractivity contribution in [2.75, 3.05) is 24.1 Å². The van der Waals surface area contributed by atoms with Crippen molar-refractivity contribution >= 4 is 45.6 Å². The van der Waals surface area contributed by atoms with Crippen LogP contribution in [0.15, 0.2) is 53.0 Å². The van der Waals surface area contributed by atoms with Crippen molar-refractivity contribution in [2.24, 2.45) is 5.92 Å². The highest BCUT2D eigenvalue weighted by molar-refractivity contribution is 9.10. The third kappa shape index (κ3) is 5.73. The van der Waals surface area contributed by atoms with Gasteiger partial charge in [-0.15, -0.1) is 12.4 Å². The highest BCUT2D eigenvalue weighted by Crippen LogP contribution is 2.22. The number of hydrogen-bond acceptors (Lipinski definition) is 3. The van der Waals surface area contributed by atoms with E-state index < -0.39 is 0 Å². The van der Waals surface area contributed by atoms with Crippen molar-refractivity contribution in [1.29, 1.82) is 0 Å². The molecule has 0 aliphatic carbocycles. The molecule has 2 aromatic carbocycles. The zero-order valence-corrected chi connectivity index (χ0v) is 16.4. The predicted molar refractivity (Wildman–Crippen MR) is 109 cm³/mol. The SMILES string of the molecule is Cl.Nc1cccc(CN2CCC(C(=O)Nc3cccc(Br)c3)CC2)c1. The summed E-state index contributed by atoms with van der Waals surface area (Å²) in [4.78, 5) is 14.8. The maximum absolute atomic E-state index is 12.4. The quantitative estimate of drug-likeness (QED) is 0.719. The lowest BCUT2D eigenvalue weighted by molar-refractivity contribution is -0.121. The van der Waals surface area contributed by atoms with Gasteiger partial charge < -0.3 is 11.1 Å². The number of rotatable bonds is 4. The lowest BCUT2D eigenvalue weighted by Crippen LogP contribution is -2.37. The molecule has 1 fully saturated rings. The first-order chi connectivity index (χ1) is 11.6. The van der Waals surface area contributed by atoms with Crippen molar-refractivity contribution in [3.8, 4) is 0 Å². The first-order valence-electron chi connectivity index (χ1n) is 8.23. The van der Waals surface area contributed by atoms with Crippen LogP contribution in [-0.2, 0) is 11.3 Å². The second-order valence-corrected chi connectivity index (χ2v) is 7.21. The molecule has 1 heterocycles. The van der Waals surface area contributed by atoms with Gasteiger partial charge in [0.25, 0.3) is 0 Å². The molecule has 0 spiro atoms. The second-order valence-electron chi connectivity index (χ2n) is 6.30. The number of carbonyl (C=O) groups is 1. The van der Waals surface area contributed by atoms with E-state index in [9.17, 15) is 4.79 Å². The molecule has 1 saturated heterocycles. The molecule has 134 valence electrons. The van der Waals surface area contributed by atoms with Crippen LogP contribution in [0.4, 0.5) is 11.4 Å². The number of hydrogen-bond donors (Lipinski definition) is 2. The first-order valence-corrected chi connectivity index (χ1v) is 9.02. The van der Waals surface area contributed by atoms with Gasteiger partial charge in [-0.1, -0.05) is 34.1 Å². The fourth-order valence-electron chi connectivity index (χ4n) is 3.11. The minimum Gasteiger partial charge on any atom is -0.399 e. The van der Waals surface area contributed by atoms with E-state index in [4.69, 9.17) is 5.73 Å². The summed E-state index contributed by atoms with van der Waals surface area (Å²) in [5.41, 5.74) is 8.71. The molecule has 1 aliphatic rings. The number of carbonyl (C=O) groups excluding carboxylic acids is 1. The van der Waals surface area contributed by atoms with Gasteiger partial charge in [0.15, 0.2) is 0 Å². The van der Waals surface area contributed by atoms with Gasteiger partial charge in [-0.2, -0.15) is 0 Å². The summed E-state index contributed by atoms with van der Waals surface area (Å²) in [5.74, 6) is 0.206. The van der Waals surface area contributed by atoms with Gasteiger partial charge in [0.05, 0.1) is 0 Å². The van der Waals surface area contributed by atoms with E-state index in [0.717, 1.165) is 48.3 Å². The number of nitrogens with one attached hydrogen (secondary N) is 1. The monoisotopic (exact) mass is 423 g/mol. The largest absolute Gasteiger partial charge is 0.399 e. The van der Waals surface area contributed by atoms with E-state index in [2.05, 4.69) is 32.2 Å². The standard InChI is InChI=1S/C19H22BrN3O.ClH/c20-16-4-2-6-18(12-16)22-19(24)15-7-9-23(10-8-15)13-14-3-1-5-17(21)11-14;/h1-6,11-12,15H,7-10,13,21H2,(H,22,24);1H. The van der Waals surface area contributed by atoms with Gasteiger partial charge in [0, 0.05) is 28.3 Å². The molecule has 0 aromatic heterocycles. The topological polar surface area (TPSA) is 58.4 Å². The molecule has 25 heavy (non-hydrogen) atoms. The third-order valence-corrected chi connectivity index (χ3v) is 4.90. The highest BCUT2D eigenvalue weighted by Gasteiger charge is 2.25. The number of likely N-dealkylation sites (tertiary alicyclic amines) is 1. The number of anilines is 2. The zero-order chi connectivity index (χ0) is 16.9. The van der Waals surface area contributed by atoms with Crippen LogP contribution in [0.1, 0.15) is 18.4 Å². The fourth-order valence-corrected chi connectivity index (χ4v) is 3.51. The van der Waals surface area contributed by atoms with Crippen LogP contribution < -0.4 is 11.1 Å². The van der Waals surface area contributed by atoms with Crippen LogP contribution in [0.25, 0.3) is 0 Å². The molecule has 1 amide bonds. The average Bonchev–Trinajstić information content (AvgIpc) is 2.55. The van der Waals surface area contributed by atoms with Gasteiger partial charge in [0.1, 0.15) is 0 Å². The molecule has 6 heteroatoms. The zero-order valence-electron chi connectivity index (χ0n) is 14.0. The lowest BCUT2D eigenvalue weighted by atomic mass is 9.95. The lowest BCUT2D eigenvalue weighted by Gasteiger charge is -2.31. The van der Waals surface area contributed by atoms with Crippen LogP contribution in [0.3, 0.4) is 0 Å². The molecule has 0 bridgehead atoms. The number of nitrogens with two attached hydrogens (primary N) is 1. The van der Waals surface area contributed by atoms with Crippen LogP contribution in [0.2, 0.25) is 0 Å². The van der Waals surface area contributed by atoms with E-state index in [0.29, 0.717) is 0 Å². The summed E-state index contributed by atoms with van der Waals surface area (Å²) in [7, 11) is 0. The van der Waals surface area contributed by atoms with Crippen LogP contribution in [0.5, 0.6) is 0 Å². The summed E-state index contributed by atoms with van der Waals surface area (Å²) in [6, 6.07) is 15.7. The van der Waals surface area contributed by atoms with E-state index >= 15 is 0 Å². The molecule has 0 unspecified atom stereocenters. The molecule has 2 aromatic rings. The molecule has 3 rings (SSSR count). The third-order valence-electron chi connectivity index (χ3n) is 4.41. The Labute approximate surface area is 163 Å². The fraction of sp³-hybridized carbons (Fsp3) is 0.316. The number of nitrogens with zero attached hydrogens (tertiary/aromatic N) is 1. The van der Waals surface area contributed by atoms with Gasteiger partial charge in [-0.25, -0.2) is 0 Å². The smallest absolute Gasteiger partial charge is 0.227 e. The summed E-state index contributed by atoms with van der Waals surface area (Å²) < 4.78 is 0.970. The van der Waals surface area contributed by atoms with E-state index in [1.165, 1.54) is 5.56 Å². The molecule has 0 radical (unpaired) electrons.